The van der Waals surface area contributed by atoms with E-state index in [9.17, 15) is 0 Å². The van der Waals surface area contributed by atoms with Gasteiger partial charge in [0, 0.05) is 32.9 Å². The smallest absolute Gasteiger partial charge is 0.145 e. The summed E-state index contributed by atoms with van der Waals surface area (Å²) in [5.41, 5.74) is 0.390. The molecule has 2 heterocycles. The van der Waals surface area contributed by atoms with Crippen molar-refractivity contribution in [1.82, 2.24) is 4.90 Å². The molecule has 0 radical (unpaired) electrons. The zero-order valence-corrected chi connectivity index (χ0v) is 18.2. The summed E-state index contributed by atoms with van der Waals surface area (Å²) in [7, 11) is 0.852. The standard InChI is InChI=1S/C19H39NO3Si/c1-3-19(4-2,16-23-24)10-7-11-20(14-17-8-5-12-21-17)15-18-9-6-13-22-18/h17-18H,3-16H2,1-2,24H3. The molecule has 0 amide bonds. The molecule has 0 N–H and O–H groups in total. The van der Waals surface area contributed by atoms with Gasteiger partial charge in [-0.25, -0.2) is 0 Å². The van der Waals surface area contributed by atoms with Crippen molar-refractivity contribution in [2.75, 3.05) is 39.5 Å². The minimum absolute atomic E-state index is 0.390. The van der Waals surface area contributed by atoms with Crippen LogP contribution in [0.25, 0.3) is 0 Å². The molecule has 2 fully saturated rings. The fourth-order valence-corrected chi connectivity index (χ4v) is 4.89. The lowest BCUT2D eigenvalue weighted by Crippen LogP contribution is -2.39. The predicted octanol–water partition coefficient (Wildman–Crippen LogP) is 2.53. The van der Waals surface area contributed by atoms with Gasteiger partial charge in [-0.2, -0.15) is 0 Å². The molecular weight excluding hydrogens is 318 g/mol. The third kappa shape index (κ3) is 6.41. The SMILES string of the molecule is CCC(CC)(CCCN(CC1CCCO1)CC1CCCO1)CO[SiH3]. The molecule has 2 unspecified atom stereocenters. The molecular formula is C19H39NO3Si. The Kier molecular flexibility index (Phi) is 9.26. The van der Waals surface area contributed by atoms with E-state index in [-0.39, 0.29) is 0 Å². The number of hydrogen-bond acceptors (Lipinski definition) is 4. The topological polar surface area (TPSA) is 30.9 Å². The minimum atomic E-state index is 0.390. The van der Waals surface area contributed by atoms with Gasteiger partial charge in [0.25, 0.3) is 0 Å². The zero-order valence-electron chi connectivity index (χ0n) is 16.2. The largest absolute Gasteiger partial charge is 0.427 e. The molecule has 0 aromatic heterocycles. The van der Waals surface area contributed by atoms with E-state index in [1.807, 2.05) is 0 Å². The first-order valence-corrected chi connectivity index (χ1v) is 11.0. The molecule has 2 aliphatic heterocycles. The second kappa shape index (κ2) is 10.9. The van der Waals surface area contributed by atoms with Gasteiger partial charge in [0.1, 0.15) is 10.5 Å². The molecule has 5 heteroatoms. The highest BCUT2D eigenvalue weighted by atomic mass is 28.2. The second-order valence-electron chi connectivity index (χ2n) is 7.77. The molecule has 4 nitrogen and oxygen atoms in total. The van der Waals surface area contributed by atoms with Gasteiger partial charge in [0.2, 0.25) is 0 Å². The fraction of sp³-hybridized carbons (Fsp3) is 1.00. The van der Waals surface area contributed by atoms with Crippen LogP contribution in [0.5, 0.6) is 0 Å². The van der Waals surface area contributed by atoms with E-state index in [1.165, 1.54) is 57.9 Å². The van der Waals surface area contributed by atoms with E-state index in [0.717, 1.165) is 43.4 Å². The van der Waals surface area contributed by atoms with Crippen LogP contribution in [0.2, 0.25) is 0 Å². The monoisotopic (exact) mass is 357 g/mol. The Morgan fingerprint density at radius 2 is 1.62 bits per heavy atom. The number of hydrogen-bond donors (Lipinski definition) is 0. The summed E-state index contributed by atoms with van der Waals surface area (Å²) in [4.78, 5) is 2.61. The van der Waals surface area contributed by atoms with Crippen molar-refractivity contribution in [2.24, 2.45) is 5.41 Å². The lowest BCUT2D eigenvalue weighted by atomic mass is 9.79. The summed E-state index contributed by atoms with van der Waals surface area (Å²) >= 11 is 0. The average Bonchev–Trinajstić information content (AvgIpc) is 3.28. The third-order valence-electron chi connectivity index (χ3n) is 6.10. The van der Waals surface area contributed by atoms with Crippen molar-refractivity contribution in [2.45, 2.75) is 77.4 Å². The Labute approximate surface area is 152 Å². The normalized spacial score (nSPS) is 25.1. The molecule has 2 aliphatic rings. The van der Waals surface area contributed by atoms with Gasteiger partial charge in [-0.05, 0) is 63.3 Å². The Bertz CT molecular complexity index is 309. The van der Waals surface area contributed by atoms with Crippen LogP contribution in [0.3, 0.4) is 0 Å². The van der Waals surface area contributed by atoms with Gasteiger partial charge >= 0.3 is 0 Å². The summed E-state index contributed by atoms with van der Waals surface area (Å²) < 4.78 is 17.4. The second-order valence-corrected chi connectivity index (χ2v) is 8.35. The van der Waals surface area contributed by atoms with E-state index < -0.39 is 0 Å². The third-order valence-corrected chi connectivity index (χ3v) is 6.39. The van der Waals surface area contributed by atoms with Crippen molar-refractivity contribution in [3.05, 3.63) is 0 Å². The van der Waals surface area contributed by atoms with E-state index in [2.05, 4.69) is 18.7 Å². The van der Waals surface area contributed by atoms with Crippen molar-refractivity contribution in [1.29, 1.82) is 0 Å². The van der Waals surface area contributed by atoms with Crippen molar-refractivity contribution in [3.63, 3.8) is 0 Å². The highest BCUT2D eigenvalue weighted by Crippen LogP contribution is 2.32. The minimum Gasteiger partial charge on any atom is -0.427 e. The molecule has 0 aromatic carbocycles. The summed E-state index contributed by atoms with van der Waals surface area (Å²) in [6.07, 6.45) is 10.8. The summed E-state index contributed by atoms with van der Waals surface area (Å²) in [5.74, 6) is 0. The Hall–Kier alpha value is 0.0569. The van der Waals surface area contributed by atoms with E-state index in [4.69, 9.17) is 13.9 Å². The van der Waals surface area contributed by atoms with Gasteiger partial charge in [-0.1, -0.05) is 13.8 Å². The number of ether oxygens (including phenoxy) is 2. The van der Waals surface area contributed by atoms with Gasteiger partial charge in [0.05, 0.1) is 12.2 Å². The zero-order chi connectivity index (χ0) is 17.3. The van der Waals surface area contributed by atoms with Crippen molar-refractivity contribution in [3.8, 4) is 0 Å². The van der Waals surface area contributed by atoms with Crippen LogP contribution in [-0.2, 0) is 13.9 Å². The maximum Gasteiger partial charge on any atom is 0.145 e. The first-order chi connectivity index (χ1) is 11.7. The lowest BCUT2D eigenvalue weighted by molar-refractivity contribution is 0.0341. The molecule has 0 spiro atoms. The molecule has 24 heavy (non-hydrogen) atoms. The predicted molar refractivity (Wildman–Crippen MR) is 103 cm³/mol. The highest BCUT2D eigenvalue weighted by molar-refractivity contribution is 5.97. The van der Waals surface area contributed by atoms with Crippen LogP contribution < -0.4 is 0 Å². The summed E-state index contributed by atoms with van der Waals surface area (Å²) in [6.45, 7) is 10.8. The molecule has 2 saturated heterocycles. The van der Waals surface area contributed by atoms with Crippen molar-refractivity contribution < 1.29 is 13.9 Å². The highest BCUT2D eigenvalue weighted by Gasteiger charge is 2.27. The van der Waals surface area contributed by atoms with Gasteiger partial charge in [0.15, 0.2) is 0 Å². The fourth-order valence-electron chi connectivity index (χ4n) is 4.27. The summed E-state index contributed by atoms with van der Waals surface area (Å²) in [6, 6.07) is 0. The first-order valence-electron chi connectivity index (χ1n) is 10.2. The van der Waals surface area contributed by atoms with Crippen LogP contribution in [0, 0.1) is 5.41 Å². The Balaban J connectivity index is 1.81. The molecule has 0 aliphatic carbocycles. The molecule has 2 rings (SSSR count). The molecule has 0 bridgehead atoms. The quantitative estimate of drug-likeness (QED) is 0.502. The maximum atomic E-state index is 5.88. The number of nitrogens with zero attached hydrogens (tertiary/aromatic N) is 1. The van der Waals surface area contributed by atoms with Crippen LogP contribution in [0.1, 0.15) is 65.2 Å². The van der Waals surface area contributed by atoms with Gasteiger partial charge in [-0.3, -0.25) is 4.90 Å². The maximum absolute atomic E-state index is 5.88. The lowest BCUT2D eigenvalue weighted by Gasteiger charge is -2.33. The molecule has 2 atom stereocenters. The van der Waals surface area contributed by atoms with E-state index in [1.54, 1.807) is 0 Å². The van der Waals surface area contributed by atoms with Crippen LogP contribution in [0.4, 0.5) is 0 Å². The Morgan fingerprint density at radius 3 is 2.04 bits per heavy atom. The molecule has 0 saturated carbocycles. The van der Waals surface area contributed by atoms with Crippen LogP contribution in [0.15, 0.2) is 0 Å². The van der Waals surface area contributed by atoms with Crippen LogP contribution >= 0.6 is 0 Å². The van der Waals surface area contributed by atoms with Crippen molar-refractivity contribution >= 4 is 10.5 Å². The Morgan fingerprint density at radius 1 is 1.04 bits per heavy atom. The number of rotatable bonds is 12. The first kappa shape index (κ1) is 20.4. The van der Waals surface area contributed by atoms with Gasteiger partial charge in [-0.15, -0.1) is 0 Å². The van der Waals surface area contributed by atoms with E-state index in [0.29, 0.717) is 17.6 Å². The van der Waals surface area contributed by atoms with Crippen LogP contribution in [-0.4, -0.2) is 67.0 Å². The van der Waals surface area contributed by atoms with Gasteiger partial charge < -0.3 is 13.9 Å². The van der Waals surface area contributed by atoms with E-state index >= 15 is 0 Å². The average molecular weight is 358 g/mol. The molecule has 0 aromatic rings. The molecule has 142 valence electrons. The summed E-state index contributed by atoms with van der Waals surface area (Å²) in [5, 5.41) is 0.